The van der Waals surface area contributed by atoms with Gasteiger partial charge in [0.05, 0.1) is 6.04 Å². The van der Waals surface area contributed by atoms with Gasteiger partial charge in [-0.1, -0.05) is 43.2 Å². The summed E-state index contributed by atoms with van der Waals surface area (Å²) in [5.74, 6) is 1.09. The molecular weight excluding hydrogens is 350 g/mol. The van der Waals surface area contributed by atoms with Crippen LogP contribution in [-0.4, -0.2) is 47.9 Å². The first-order chi connectivity index (χ1) is 13.7. The SMILES string of the molecule is O=C(NC1CCN(C(=O)CCc2ccccc2)CC1)C1CC2CCCCC2N1. The molecular formula is C23H33N3O2. The maximum atomic E-state index is 12.7. The molecule has 3 atom stereocenters. The fourth-order valence-electron chi connectivity index (χ4n) is 5.15. The van der Waals surface area contributed by atoms with Gasteiger partial charge in [0.25, 0.3) is 0 Å². The second-order valence-electron chi connectivity index (χ2n) is 8.76. The summed E-state index contributed by atoms with van der Waals surface area (Å²) in [6.07, 6.45) is 9.18. The van der Waals surface area contributed by atoms with Crippen molar-refractivity contribution in [2.45, 2.75) is 75.9 Å². The Morgan fingerprint density at radius 3 is 2.54 bits per heavy atom. The molecule has 2 N–H and O–H groups in total. The van der Waals surface area contributed by atoms with Gasteiger partial charge in [-0.25, -0.2) is 0 Å². The Morgan fingerprint density at radius 2 is 1.79 bits per heavy atom. The number of fused-ring (bicyclic) bond motifs is 1. The second kappa shape index (κ2) is 9.08. The third kappa shape index (κ3) is 4.75. The first-order valence-electron chi connectivity index (χ1n) is 11.1. The van der Waals surface area contributed by atoms with Crippen LogP contribution in [0.2, 0.25) is 0 Å². The van der Waals surface area contributed by atoms with Gasteiger partial charge in [-0.2, -0.15) is 0 Å². The van der Waals surface area contributed by atoms with Crippen molar-refractivity contribution in [1.82, 2.24) is 15.5 Å². The van der Waals surface area contributed by atoms with Crippen molar-refractivity contribution in [3.05, 3.63) is 35.9 Å². The number of benzene rings is 1. The van der Waals surface area contributed by atoms with E-state index in [1.54, 1.807) is 0 Å². The average Bonchev–Trinajstić information content (AvgIpc) is 3.18. The summed E-state index contributed by atoms with van der Waals surface area (Å²) in [6.45, 7) is 1.50. The predicted molar refractivity (Wildman–Crippen MR) is 110 cm³/mol. The molecule has 28 heavy (non-hydrogen) atoms. The monoisotopic (exact) mass is 383 g/mol. The van der Waals surface area contributed by atoms with Gasteiger partial charge in [0, 0.05) is 31.6 Å². The van der Waals surface area contributed by atoms with E-state index in [2.05, 4.69) is 22.8 Å². The molecule has 5 heteroatoms. The van der Waals surface area contributed by atoms with Gasteiger partial charge in [-0.05, 0) is 50.0 Å². The summed E-state index contributed by atoms with van der Waals surface area (Å²) < 4.78 is 0. The van der Waals surface area contributed by atoms with Crippen molar-refractivity contribution >= 4 is 11.8 Å². The molecule has 0 spiro atoms. The number of hydrogen-bond acceptors (Lipinski definition) is 3. The number of hydrogen-bond donors (Lipinski definition) is 2. The number of nitrogens with zero attached hydrogens (tertiary/aromatic N) is 1. The first kappa shape index (κ1) is 19.4. The molecule has 0 bridgehead atoms. The minimum absolute atomic E-state index is 0.0152. The minimum atomic E-state index is -0.0152. The highest BCUT2D eigenvalue weighted by atomic mass is 16.2. The molecule has 2 aliphatic heterocycles. The highest BCUT2D eigenvalue weighted by Crippen LogP contribution is 2.33. The Labute approximate surface area is 168 Å². The summed E-state index contributed by atoms with van der Waals surface area (Å²) >= 11 is 0. The Kier molecular flexibility index (Phi) is 6.30. The van der Waals surface area contributed by atoms with Gasteiger partial charge < -0.3 is 15.5 Å². The molecule has 152 valence electrons. The zero-order valence-corrected chi connectivity index (χ0v) is 16.7. The van der Waals surface area contributed by atoms with Crippen LogP contribution in [0.15, 0.2) is 30.3 Å². The molecule has 3 unspecified atom stereocenters. The molecule has 1 saturated carbocycles. The molecule has 5 nitrogen and oxygen atoms in total. The van der Waals surface area contributed by atoms with Crippen LogP contribution < -0.4 is 10.6 Å². The van der Waals surface area contributed by atoms with Gasteiger partial charge in [0.2, 0.25) is 11.8 Å². The van der Waals surface area contributed by atoms with Crippen LogP contribution in [0.5, 0.6) is 0 Å². The van der Waals surface area contributed by atoms with Gasteiger partial charge in [-0.15, -0.1) is 0 Å². The molecule has 0 radical (unpaired) electrons. The summed E-state index contributed by atoms with van der Waals surface area (Å²) in [7, 11) is 0. The predicted octanol–water partition coefficient (Wildman–Crippen LogP) is 2.65. The van der Waals surface area contributed by atoms with E-state index in [1.807, 2.05) is 23.1 Å². The number of likely N-dealkylation sites (tertiary alicyclic amines) is 1. The van der Waals surface area contributed by atoms with Gasteiger partial charge in [0.1, 0.15) is 0 Å². The maximum absolute atomic E-state index is 12.7. The maximum Gasteiger partial charge on any atom is 0.237 e. The molecule has 3 fully saturated rings. The second-order valence-corrected chi connectivity index (χ2v) is 8.76. The van der Waals surface area contributed by atoms with Gasteiger partial charge >= 0.3 is 0 Å². The third-order valence-electron chi connectivity index (χ3n) is 6.84. The van der Waals surface area contributed by atoms with Crippen LogP contribution in [0.4, 0.5) is 0 Å². The van der Waals surface area contributed by atoms with E-state index in [-0.39, 0.29) is 23.9 Å². The van der Waals surface area contributed by atoms with E-state index in [1.165, 1.54) is 31.2 Å². The van der Waals surface area contributed by atoms with Crippen LogP contribution in [0.25, 0.3) is 0 Å². The quantitative estimate of drug-likeness (QED) is 0.822. The van der Waals surface area contributed by atoms with Crippen molar-refractivity contribution in [2.24, 2.45) is 5.92 Å². The van der Waals surface area contributed by atoms with Crippen molar-refractivity contribution < 1.29 is 9.59 Å². The number of amides is 2. The summed E-state index contributed by atoms with van der Waals surface area (Å²) in [6, 6.07) is 10.9. The molecule has 1 aliphatic carbocycles. The summed E-state index contributed by atoms with van der Waals surface area (Å²) in [5.41, 5.74) is 1.21. The average molecular weight is 384 g/mol. The number of carbonyl (C=O) groups excluding carboxylic acids is 2. The van der Waals surface area contributed by atoms with E-state index in [9.17, 15) is 9.59 Å². The van der Waals surface area contributed by atoms with E-state index < -0.39 is 0 Å². The molecule has 2 heterocycles. The summed E-state index contributed by atoms with van der Waals surface area (Å²) in [4.78, 5) is 27.1. The fourth-order valence-corrected chi connectivity index (χ4v) is 5.15. The number of aryl methyl sites for hydroxylation is 1. The van der Waals surface area contributed by atoms with E-state index in [0.29, 0.717) is 18.4 Å². The molecule has 1 aromatic carbocycles. The Balaban J connectivity index is 1.18. The summed E-state index contributed by atoms with van der Waals surface area (Å²) in [5, 5.41) is 6.81. The van der Waals surface area contributed by atoms with Crippen LogP contribution in [0.1, 0.15) is 56.9 Å². The first-order valence-corrected chi connectivity index (χ1v) is 11.1. The smallest absolute Gasteiger partial charge is 0.237 e. The lowest BCUT2D eigenvalue weighted by Gasteiger charge is -2.33. The van der Waals surface area contributed by atoms with Crippen LogP contribution in [-0.2, 0) is 16.0 Å². The highest BCUT2D eigenvalue weighted by molar-refractivity contribution is 5.82. The lowest BCUT2D eigenvalue weighted by Crippen LogP contribution is -2.51. The number of carbonyl (C=O) groups is 2. The van der Waals surface area contributed by atoms with Crippen LogP contribution in [0, 0.1) is 5.92 Å². The zero-order valence-electron chi connectivity index (χ0n) is 16.7. The van der Waals surface area contributed by atoms with E-state index >= 15 is 0 Å². The minimum Gasteiger partial charge on any atom is -0.352 e. The van der Waals surface area contributed by atoms with E-state index in [4.69, 9.17) is 0 Å². The molecule has 1 aromatic rings. The molecule has 2 saturated heterocycles. The van der Waals surface area contributed by atoms with Crippen LogP contribution >= 0.6 is 0 Å². The van der Waals surface area contributed by atoms with Crippen molar-refractivity contribution in [2.75, 3.05) is 13.1 Å². The number of rotatable bonds is 5. The normalized spacial score (nSPS) is 28.0. The highest BCUT2D eigenvalue weighted by Gasteiger charge is 2.38. The Morgan fingerprint density at radius 1 is 1.04 bits per heavy atom. The number of nitrogens with one attached hydrogen (secondary N) is 2. The molecule has 2 amide bonds. The standard InChI is InChI=1S/C23H33N3O2/c27-22(11-10-17-6-2-1-3-7-17)26-14-12-19(13-15-26)24-23(28)21-16-18-8-4-5-9-20(18)25-21/h1-3,6-7,18-21,25H,4-5,8-16H2,(H,24,28). The van der Waals surface area contributed by atoms with Crippen molar-refractivity contribution in [1.29, 1.82) is 0 Å². The van der Waals surface area contributed by atoms with Gasteiger partial charge in [-0.3, -0.25) is 9.59 Å². The lowest BCUT2D eigenvalue weighted by molar-refractivity contribution is -0.132. The number of piperidine rings is 1. The van der Waals surface area contributed by atoms with Crippen molar-refractivity contribution in [3.8, 4) is 0 Å². The van der Waals surface area contributed by atoms with E-state index in [0.717, 1.165) is 38.8 Å². The zero-order chi connectivity index (χ0) is 19.3. The lowest BCUT2D eigenvalue weighted by atomic mass is 9.85. The fraction of sp³-hybridized carbons (Fsp3) is 0.652. The molecule has 3 aliphatic rings. The molecule has 4 rings (SSSR count). The topological polar surface area (TPSA) is 61.4 Å². The molecule has 0 aromatic heterocycles. The van der Waals surface area contributed by atoms with Crippen molar-refractivity contribution in [3.63, 3.8) is 0 Å². The Bertz CT molecular complexity index is 656. The third-order valence-corrected chi connectivity index (χ3v) is 6.84. The van der Waals surface area contributed by atoms with Gasteiger partial charge in [0.15, 0.2) is 0 Å². The Hall–Kier alpha value is -1.88. The van der Waals surface area contributed by atoms with Crippen LogP contribution in [0.3, 0.4) is 0 Å². The largest absolute Gasteiger partial charge is 0.352 e.